The largest absolute Gasteiger partial charge is 0.462 e. The first-order valence-corrected chi connectivity index (χ1v) is 6.76. The molecule has 21 heavy (non-hydrogen) atoms. The Morgan fingerprint density at radius 2 is 2.33 bits per heavy atom. The van der Waals surface area contributed by atoms with Crippen LogP contribution in [0.3, 0.4) is 0 Å². The Morgan fingerprint density at radius 1 is 1.57 bits per heavy atom. The highest BCUT2D eigenvalue weighted by Gasteiger charge is 2.20. The monoisotopic (exact) mass is 286 g/mol. The number of esters is 1. The summed E-state index contributed by atoms with van der Waals surface area (Å²) in [7, 11) is 1.82. The van der Waals surface area contributed by atoms with Gasteiger partial charge in [0.1, 0.15) is 5.56 Å². The Balaban J connectivity index is 2.57. The maximum absolute atomic E-state index is 12.1. The first-order chi connectivity index (χ1) is 10.1. The molecule has 0 radical (unpaired) electrons. The molecule has 2 rings (SSSR count). The van der Waals surface area contributed by atoms with Crippen molar-refractivity contribution >= 4 is 22.7 Å². The van der Waals surface area contributed by atoms with Crippen molar-refractivity contribution in [3.63, 3.8) is 0 Å². The van der Waals surface area contributed by atoms with Crippen molar-refractivity contribution in [2.45, 2.75) is 20.3 Å². The molecule has 0 aliphatic carbocycles. The lowest BCUT2D eigenvalue weighted by molar-refractivity contribution is 0.0527. The molecule has 110 valence electrons. The number of ether oxygens (including phenoxy) is 1. The fourth-order valence-electron chi connectivity index (χ4n) is 2.22. The molecule has 0 fully saturated rings. The Morgan fingerprint density at radius 3 is 3.00 bits per heavy atom. The minimum atomic E-state index is -0.404. The van der Waals surface area contributed by atoms with E-state index in [1.165, 1.54) is 6.20 Å². The number of hydrogen-bond donors (Lipinski definition) is 1. The van der Waals surface area contributed by atoms with Crippen molar-refractivity contribution in [1.82, 2.24) is 14.8 Å². The summed E-state index contributed by atoms with van der Waals surface area (Å²) in [5.74, 6) is 2.16. The molecule has 6 nitrogen and oxygen atoms in total. The number of carbonyl (C=O) groups is 1. The second-order valence-electron chi connectivity index (χ2n) is 4.56. The summed E-state index contributed by atoms with van der Waals surface area (Å²) in [5.41, 5.74) is 2.59. The molecule has 0 aliphatic rings. The van der Waals surface area contributed by atoms with Crippen LogP contribution >= 0.6 is 0 Å². The minimum absolute atomic E-state index is 0.312. The Hall–Kier alpha value is -2.55. The van der Waals surface area contributed by atoms with Crippen LogP contribution in [0.4, 0.5) is 5.69 Å². The van der Waals surface area contributed by atoms with E-state index < -0.39 is 5.97 Å². The molecule has 0 saturated carbocycles. The average Bonchev–Trinajstić information content (AvgIpc) is 2.75. The van der Waals surface area contributed by atoms with Crippen molar-refractivity contribution in [3.8, 4) is 12.3 Å². The van der Waals surface area contributed by atoms with E-state index in [1.54, 1.807) is 11.6 Å². The second kappa shape index (κ2) is 6.27. The molecule has 0 aromatic carbocycles. The van der Waals surface area contributed by atoms with Gasteiger partial charge in [0, 0.05) is 26.2 Å². The molecule has 2 aromatic rings. The Kier molecular flexibility index (Phi) is 4.43. The number of aromatic nitrogens is 3. The third-order valence-electron chi connectivity index (χ3n) is 3.09. The van der Waals surface area contributed by atoms with Crippen LogP contribution < -0.4 is 5.32 Å². The van der Waals surface area contributed by atoms with Gasteiger partial charge in [0.2, 0.25) is 0 Å². The number of aryl methyl sites for hydroxylation is 2. The summed E-state index contributed by atoms with van der Waals surface area (Å²) in [5, 5.41) is 8.38. The fraction of sp³-hybridized carbons (Fsp3) is 0.400. The Bertz CT molecular complexity index is 713. The van der Waals surface area contributed by atoms with Gasteiger partial charge in [-0.25, -0.2) is 9.78 Å². The van der Waals surface area contributed by atoms with Crippen LogP contribution in [0.5, 0.6) is 0 Å². The highest BCUT2D eigenvalue weighted by Crippen LogP contribution is 2.29. The number of nitrogens with one attached hydrogen (secondary N) is 1. The van der Waals surface area contributed by atoms with Crippen LogP contribution in [0, 0.1) is 19.3 Å². The van der Waals surface area contributed by atoms with E-state index >= 15 is 0 Å². The van der Waals surface area contributed by atoms with E-state index in [4.69, 9.17) is 11.2 Å². The molecule has 2 heterocycles. The lowest BCUT2D eigenvalue weighted by Gasteiger charge is -2.12. The van der Waals surface area contributed by atoms with Gasteiger partial charge in [-0.15, -0.1) is 12.3 Å². The van der Waals surface area contributed by atoms with Gasteiger partial charge in [0.05, 0.1) is 23.4 Å². The van der Waals surface area contributed by atoms with Crippen LogP contribution in [0.1, 0.15) is 29.4 Å². The normalized spacial score (nSPS) is 10.4. The number of fused-ring (bicyclic) bond motifs is 1. The topological polar surface area (TPSA) is 69.0 Å². The summed E-state index contributed by atoms with van der Waals surface area (Å²) in [4.78, 5) is 16.4. The summed E-state index contributed by atoms with van der Waals surface area (Å²) < 4.78 is 6.77. The molecule has 0 spiro atoms. The van der Waals surface area contributed by atoms with Gasteiger partial charge in [0.25, 0.3) is 0 Å². The molecule has 2 aromatic heterocycles. The van der Waals surface area contributed by atoms with Crippen molar-refractivity contribution in [2.75, 3.05) is 18.5 Å². The van der Waals surface area contributed by atoms with Crippen LogP contribution in [-0.2, 0) is 11.8 Å². The van der Waals surface area contributed by atoms with E-state index in [0.29, 0.717) is 36.5 Å². The number of terminal acetylenes is 1. The van der Waals surface area contributed by atoms with Gasteiger partial charge in [0.15, 0.2) is 5.65 Å². The summed E-state index contributed by atoms with van der Waals surface area (Å²) in [6.07, 6.45) is 7.35. The Labute approximate surface area is 123 Å². The number of anilines is 1. The molecule has 0 amide bonds. The predicted octanol–water partition coefficient (Wildman–Crippen LogP) is 1.89. The van der Waals surface area contributed by atoms with Crippen LogP contribution in [-0.4, -0.2) is 33.9 Å². The molecule has 0 aliphatic heterocycles. The quantitative estimate of drug-likeness (QED) is 0.516. The van der Waals surface area contributed by atoms with Gasteiger partial charge >= 0.3 is 5.97 Å². The second-order valence-corrected chi connectivity index (χ2v) is 4.56. The van der Waals surface area contributed by atoms with Crippen molar-refractivity contribution in [1.29, 1.82) is 0 Å². The summed E-state index contributed by atoms with van der Waals surface area (Å²) >= 11 is 0. The molecule has 0 bridgehead atoms. The van der Waals surface area contributed by atoms with Gasteiger partial charge in [-0.2, -0.15) is 5.10 Å². The SMILES string of the molecule is C#CCCNc1c(C(=O)OCC)cnc2c1c(C)nn2C. The highest BCUT2D eigenvalue weighted by atomic mass is 16.5. The predicted molar refractivity (Wildman–Crippen MR) is 81.1 cm³/mol. The third-order valence-corrected chi connectivity index (χ3v) is 3.09. The molecule has 0 atom stereocenters. The zero-order chi connectivity index (χ0) is 15.4. The van der Waals surface area contributed by atoms with Gasteiger partial charge in [-0.05, 0) is 13.8 Å². The van der Waals surface area contributed by atoms with Crippen LogP contribution in [0.25, 0.3) is 11.0 Å². The first-order valence-electron chi connectivity index (χ1n) is 6.76. The zero-order valence-electron chi connectivity index (χ0n) is 12.4. The number of carbonyl (C=O) groups excluding carboxylic acids is 1. The molecule has 0 saturated heterocycles. The van der Waals surface area contributed by atoms with E-state index in [1.807, 2.05) is 14.0 Å². The van der Waals surface area contributed by atoms with Crippen molar-refractivity contribution in [2.24, 2.45) is 7.05 Å². The van der Waals surface area contributed by atoms with E-state index in [0.717, 1.165) is 11.1 Å². The van der Waals surface area contributed by atoms with Gasteiger partial charge < -0.3 is 10.1 Å². The first kappa shape index (κ1) is 14.9. The highest BCUT2D eigenvalue weighted by molar-refractivity contribution is 6.05. The summed E-state index contributed by atoms with van der Waals surface area (Å²) in [6.45, 7) is 4.53. The minimum Gasteiger partial charge on any atom is -0.462 e. The molecular formula is C15H18N4O2. The molecule has 6 heteroatoms. The smallest absolute Gasteiger partial charge is 0.341 e. The van der Waals surface area contributed by atoms with Gasteiger partial charge in [-0.1, -0.05) is 0 Å². The molecular weight excluding hydrogens is 268 g/mol. The maximum atomic E-state index is 12.1. The molecule has 1 N–H and O–H groups in total. The fourth-order valence-corrected chi connectivity index (χ4v) is 2.22. The number of rotatable bonds is 5. The van der Waals surface area contributed by atoms with Crippen molar-refractivity contribution < 1.29 is 9.53 Å². The van der Waals surface area contributed by atoms with Gasteiger partial charge in [-0.3, -0.25) is 4.68 Å². The van der Waals surface area contributed by atoms with Crippen LogP contribution in [0.15, 0.2) is 6.20 Å². The maximum Gasteiger partial charge on any atom is 0.341 e. The van der Waals surface area contributed by atoms with E-state index in [9.17, 15) is 4.79 Å². The number of nitrogens with zero attached hydrogens (tertiary/aromatic N) is 3. The van der Waals surface area contributed by atoms with Crippen LogP contribution in [0.2, 0.25) is 0 Å². The van der Waals surface area contributed by atoms with E-state index in [-0.39, 0.29) is 0 Å². The molecule has 0 unspecified atom stereocenters. The third kappa shape index (κ3) is 2.82. The standard InChI is InChI=1S/C15H18N4O2/c1-5-7-8-16-13-11(15(20)21-6-2)9-17-14-12(13)10(3)18-19(14)4/h1,9H,6-8H2,2-4H3,(H,16,17). The van der Waals surface area contributed by atoms with Crippen molar-refractivity contribution in [3.05, 3.63) is 17.5 Å². The zero-order valence-corrected chi connectivity index (χ0v) is 12.4. The lowest BCUT2D eigenvalue weighted by atomic mass is 10.1. The number of pyridine rings is 1. The average molecular weight is 286 g/mol. The lowest BCUT2D eigenvalue weighted by Crippen LogP contribution is -2.12. The summed E-state index contributed by atoms with van der Waals surface area (Å²) in [6, 6.07) is 0. The van der Waals surface area contributed by atoms with E-state index in [2.05, 4.69) is 21.3 Å². The number of hydrogen-bond acceptors (Lipinski definition) is 5.